The molecule has 0 bridgehead atoms. The van der Waals surface area contributed by atoms with Crippen LogP contribution in [-0.4, -0.2) is 52.1 Å². The summed E-state index contributed by atoms with van der Waals surface area (Å²) in [5, 5.41) is 23.7. The number of carbonyl (C=O) groups is 1. The number of rotatable bonds is 5. The maximum Gasteiger partial charge on any atom is 0.293 e. The third kappa shape index (κ3) is 4.56. The monoisotopic (exact) mass is 472 g/mol. The molecule has 1 saturated heterocycles. The van der Waals surface area contributed by atoms with Crippen molar-refractivity contribution in [1.29, 1.82) is 0 Å². The van der Waals surface area contributed by atoms with E-state index in [1.54, 1.807) is 23.0 Å². The van der Waals surface area contributed by atoms with Crippen molar-refractivity contribution >= 4 is 34.0 Å². The maximum absolute atomic E-state index is 13.0. The molecule has 2 heterocycles. The third-order valence-electron chi connectivity index (χ3n) is 6.03. The van der Waals surface area contributed by atoms with Gasteiger partial charge in [0.1, 0.15) is 16.7 Å². The topological polar surface area (TPSA) is 115 Å². The molecule has 0 unspecified atom stereocenters. The number of hydrogen-bond donors (Lipinski definition) is 1. The van der Waals surface area contributed by atoms with E-state index in [0.717, 1.165) is 16.8 Å². The van der Waals surface area contributed by atoms with Crippen LogP contribution in [0.1, 0.15) is 21.5 Å². The molecule has 4 aromatic rings. The fourth-order valence-electron chi connectivity index (χ4n) is 4.07. The molecule has 0 saturated carbocycles. The molecule has 1 aliphatic rings. The number of nitrogens with one attached hydrogen (secondary N) is 1. The van der Waals surface area contributed by atoms with Crippen LogP contribution in [0.2, 0.25) is 0 Å². The zero-order valence-corrected chi connectivity index (χ0v) is 19.4. The van der Waals surface area contributed by atoms with Crippen molar-refractivity contribution in [2.75, 3.05) is 36.5 Å². The average molecular weight is 473 g/mol. The first-order valence-corrected chi connectivity index (χ1v) is 11.3. The molecule has 10 heteroatoms. The SMILES string of the molecule is Cc1ccc(-n2nc3cc(C)c(NC(=O)c4ccc(N5CCOCC5)c([N+](=O)[O-])c4)cc3n2)cc1. The summed E-state index contributed by atoms with van der Waals surface area (Å²) in [6.07, 6.45) is 0. The van der Waals surface area contributed by atoms with E-state index < -0.39 is 10.8 Å². The highest BCUT2D eigenvalue weighted by atomic mass is 16.6. The standard InChI is InChI=1S/C25H24N6O4/c1-16-3-6-19(7-4-16)30-27-21-13-17(2)20(15-22(21)28-30)26-25(32)18-5-8-23(24(14-18)31(33)34)29-9-11-35-12-10-29/h3-8,13-15H,9-12H2,1-2H3,(H,26,32). The lowest BCUT2D eigenvalue weighted by molar-refractivity contribution is -0.384. The number of fused-ring (bicyclic) bond motifs is 1. The Balaban J connectivity index is 1.41. The molecular weight excluding hydrogens is 448 g/mol. The minimum atomic E-state index is -0.456. The Morgan fingerprint density at radius 1 is 1.00 bits per heavy atom. The molecule has 1 aromatic heterocycles. The first kappa shape index (κ1) is 22.5. The highest BCUT2D eigenvalue weighted by molar-refractivity contribution is 6.06. The highest BCUT2D eigenvalue weighted by Gasteiger charge is 2.23. The molecule has 1 fully saturated rings. The van der Waals surface area contributed by atoms with E-state index in [1.807, 2.05) is 49.1 Å². The van der Waals surface area contributed by atoms with Crippen LogP contribution in [-0.2, 0) is 4.74 Å². The van der Waals surface area contributed by atoms with Gasteiger partial charge in [0.25, 0.3) is 11.6 Å². The van der Waals surface area contributed by atoms with Gasteiger partial charge in [-0.15, -0.1) is 10.2 Å². The molecule has 35 heavy (non-hydrogen) atoms. The summed E-state index contributed by atoms with van der Waals surface area (Å²) in [6.45, 7) is 6.03. The Bertz CT molecular complexity index is 1420. The van der Waals surface area contributed by atoms with E-state index in [0.29, 0.717) is 48.7 Å². The molecule has 1 amide bonds. The lowest BCUT2D eigenvalue weighted by atomic mass is 10.1. The summed E-state index contributed by atoms with van der Waals surface area (Å²) >= 11 is 0. The lowest BCUT2D eigenvalue weighted by Crippen LogP contribution is -2.36. The van der Waals surface area contributed by atoms with Gasteiger partial charge in [-0.2, -0.15) is 4.80 Å². The van der Waals surface area contributed by atoms with Gasteiger partial charge in [-0.3, -0.25) is 14.9 Å². The van der Waals surface area contributed by atoms with Crippen LogP contribution in [0.3, 0.4) is 0 Å². The Kier molecular flexibility index (Phi) is 5.87. The van der Waals surface area contributed by atoms with E-state index in [-0.39, 0.29) is 11.3 Å². The second-order valence-electron chi connectivity index (χ2n) is 8.49. The van der Waals surface area contributed by atoms with Gasteiger partial charge in [0, 0.05) is 30.4 Å². The molecule has 0 atom stereocenters. The van der Waals surface area contributed by atoms with Crippen LogP contribution < -0.4 is 10.2 Å². The van der Waals surface area contributed by atoms with Crippen LogP contribution >= 0.6 is 0 Å². The number of amides is 1. The number of carbonyl (C=O) groups excluding carboxylic acids is 1. The minimum absolute atomic E-state index is 0.104. The van der Waals surface area contributed by atoms with Crippen molar-refractivity contribution in [2.24, 2.45) is 0 Å². The summed E-state index contributed by atoms with van der Waals surface area (Å²) in [5.74, 6) is -0.435. The Morgan fingerprint density at radius 3 is 2.37 bits per heavy atom. The fourth-order valence-corrected chi connectivity index (χ4v) is 4.07. The summed E-state index contributed by atoms with van der Waals surface area (Å²) in [6, 6.07) is 16.0. The molecule has 3 aromatic carbocycles. The largest absolute Gasteiger partial charge is 0.378 e. The molecule has 0 aliphatic carbocycles. The molecule has 1 N–H and O–H groups in total. The first-order chi connectivity index (χ1) is 16.9. The van der Waals surface area contributed by atoms with Gasteiger partial charge in [-0.1, -0.05) is 17.7 Å². The van der Waals surface area contributed by atoms with Crippen molar-refractivity contribution in [3.05, 3.63) is 81.4 Å². The highest BCUT2D eigenvalue weighted by Crippen LogP contribution is 2.30. The van der Waals surface area contributed by atoms with E-state index in [4.69, 9.17) is 4.74 Å². The molecule has 1 aliphatic heterocycles. The van der Waals surface area contributed by atoms with E-state index in [2.05, 4.69) is 15.5 Å². The summed E-state index contributed by atoms with van der Waals surface area (Å²) in [5.41, 5.74) is 5.27. The van der Waals surface area contributed by atoms with Crippen LogP contribution in [0.5, 0.6) is 0 Å². The van der Waals surface area contributed by atoms with Gasteiger partial charge in [-0.25, -0.2) is 0 Å². The summed E-state index contributed by atoms with van der Waals surface area (Å²) in [7, 11) is 0. The van der Waals surface area contributed by atoms with Gasteiger partial charge in [0.05, 0.1) is 23.8 Å². The first-order valence-electron chi connectivity index (χ1n) is 11.3. The van der Waals surface area contributed by atoms with Gasteiger partial charge in [0.15, 0.2) is 0 Å². The van der Waals surface area contributed by atoms with Crippen molar-refractivity contribution in [2.45, 2.75) is 13.8 Å². The van der Waals surface area contributed by atoms with Crippen molar-refractivity contribution in [3.8, 4) is 5.69 Å². The maximum atomic E-state index is 13.0. The number of nitrogens with zero attached hydrogens (tertiary/aromatic N) is 5. The number of aryl methyl sites for hydroxylation is 2. The summed E-state index contributed by atoms with van der Waals surface area (Å²) in [4.78, 5) is 27.8. The Labute approximate surface area is 201 Å². The Hall–Kier alpha value is -4.31. The predicted octanol–water partition coefficient (Wildman–Crippen LogP) is 4.03. The normalized spacial score (nSPS) is 13.7. The number of ether oxygens (including phenoxy) is 1. The van der Waals surface area contributed by atoms with E-state index >= 15 is 0 Å². The van der Waals surface area contributed by atoms with Crippen LogP contribution in [0.4, 0.5) is 17.1 Å². The van der Waals surface area contributed by atoms with Gasteiger partial charge < -0.3 is 15.0 Å². The minimum Gasteiger partial charge on any atom is -0.378 e. The molecule has 178 valence electrons. The smallest absolute Gasteiger partial charge is 0.293 e. The predicted molar refractivity (Wildman–Crippen MR) is 132 cm³/mol. The van der Waals surface area contributed by atoms with Gasteiger partial charge >= 0.3 is 0 Å². The molecule has 0 spiro atoms. The number of hydrogen-bond acceptors (Lipinski definition) is 7. The molecule has 0 radical (unpaired) electrons. The quantitative estimate of drug-likeness (QED) is 0.344. The van der Waals surface area contributed by atoms with Crippen molar-refractivity contribution in [1.82, 2.24) is 15.0 Å². The zero-order chi connectivity index (χ0) is 24.5. The number of nitro benzene ring substituents is 1. The number of nitro groups is 1. The van der Waals surface area contributed by atoms with Crippen LogP contribution in [0, 0.1) is 24.0 Å². The average Bonchev–Trinajstić information content (AvgIpc) is 3.27. The number of benzene rings is 3. The fraction of sp³-hybridized carbons (Fsp3) is 0.240. The number of anilines is 2. The van der Waals surface area contributed by atoms with E-state index in [1.165, 1.54) is 6.07 Å². The van der Waals surface area contributed by atoms with Gasteiger partial charge in [-0.05, 0) is 55.8 Å². The van der Waals surface area contributed by atoms with Crippen molar-refractivity contribution in [3.63, 3.8) is 0 Å². The van der Waals surface area contributed by atoms with Crippen molar-refractivity contribution < 1.29 is 14.5 Å². The number of aromatic nitrogens is 3. The molecule has 5 rings (SSSR count). The van der Waals surface area contributed by atoms with Crippen LogP contribution in [0.15, 0.2) is 54.6 Å². The van der Waals surface area contributed by atoms with Gasteiger partial charge in [0.2, 0.25) is 0 Å². The zero-order valence-electron chi connectivity index (χ0n) is 19.4. The molecule has 10 nitrogen and oxygen atoms in total. The Morgan fingerprint density at radius 2 is 1.69 bits per heavy atom. The second kappa shape index (κ2) is 9.15. The third-order valence-corrected chi connectivity index (χ3v) is 6.03. The summed E-state index contributed by atoms with van der Waals surface area (Å²) < 4.78 is 5.34. The molecular formula is C25H24N6O4. The second-order valence-corrected chi connectivity index (χ2v) is 8.49. The van der Waals surface area contributed by atoms with Crippen LogP contribution in [0.25, 0.3) is 16.7 Å². The lowest BCUT2D eigenvalue weighted by Gasteiger charge is -2.28. The van der Waals surface area contributed by atoms with E-state index in [9.17, 15) is 14.9 Å². The number of morpholine rings is 1.